The summed E-state index contributed by atoms with van der Waals surface area (Å²) >= 11 is 3.58. The number of hydrogen-bond acceptors (Lipinski definition) is 2. The van der Waals surface area contributed by atoms with E-state index in [9.17, 15) is 0 Å². The molecule has 1 aliphatic rings. The number of nitrogens with one attached hydrogen (secondary N) is 1. The first-order valence-electron chi connectivity index (χ1n) is 6.90. The summed E-state index contributed by atoms with van der Waals surface area (Å²) in [6.07, 6.45) is 2.70. The first-order valence-corrected chi connectivity index (χ1v) is 7.69. The molecule has 100 valence electrons. The Morgan fingerprint density at radius 3 is 2.67 bits per heavy atom. The van der Waals surface area contributed by atoms with Gasteiger partial charge in [-0.15, -0.1) is 0 Å². The molecule has 1 aliphatic carbocycles. The molecule has 1 saturated carbocycles. The van der Waals surface area contributed by atoms with Crippen molar-refractivity contribution < 1.29 is 0 Å². The summed E-state index contributed by atoms with van der Waals surface area (Å²) in [6.45, 7) is 8.67. The van der Waals surface area contributed by atoms with Gasteiger partial charge in [-0.3, -0.25) is 0 Å². The van der Waals surface area contributed by atoms with Gasteiger partial charge in [-0.2, -0.15) is 0 Å². The van der Waals surface area contributed by atoms with Crippen molar-refractivity contribution >= 4 is 21.6 Å². The second-order valence-electron chi connectivity index (χ2n) is 5.33. The van der Waals surface area contributed by atoms with Crippen molar-refractivity contribution in [1.29, 1.82) is 0 Å². The molecular formula is C15H23BrN2. The molecule has 0 radical (unpaired) electrons. The minimum absolute atomic E-state index is 0.521. The Hall–Kier alpha value is -0.540. The van der Waals surface area contributed by atoms with Crippen molar-refractivity contribution in [3.8, 4) is 0 Å². The molecule has 0 saturated heterocycles. The largest absolute Gasteiger partial charge is 0.369 e. The van der Waals surface area contributed by atoms with Crippen LogP contribution in [0.1, 0.15) is 39.2 Å². The van der Waals surface area contributed by atoms with Gasteiger partial charge in [0.2, 0.25) is 0 Å². The second kappa shape index (κ2) is 6.07. The van der Waals surface area contributed by atoms with E-state index in [1.165, 1.54) is 28.6 Å². The van der Waals surface area contributed by atoms with Crippen LogP contribution in [0, 0.1) is 0 Å². The molecule has 1 aromatic rings. The van der Waals surface area contributed by atoms with E-state index in [1.54, 1.807) is 0 Å². The third-order valence-electron chi connectivity index (χ3n) is 3.38. The fraction of sp³-hybridized carbons (Fsp3) is 0.600. The minimum atomic E-state index is 0.521. The number of benzene rings is 1. The van der Waals surface area contributed by atoms with Gasteiger partial charge in [-0.05, 0) is 43.5 Å². The molecule has 0 unspecified atom stereocenters. The second-order valence-corrected chi connectivity index (χ2v) is 6.24. The fourth-order valence-electron chi connectivity index (χ4n) is 2.30. The van der Waals surface area contributed by atoms with Crippen molar-refractivity contribution in [3.05, 3.63) is 28.2 Å². The van der Waals surface area contributed by atoms with Crippen LogP contribution in [0.2, 0.25) is 0 Å². The first-order chi connectivity index (χ1) is 8.61. The molecule has 0 amide bonds. The van der Waals surface area contributed by atoms with Crippen molar-refractivity contribution in [3.63, 3.8) is 0 Å². The Bertz CT molecular complexity index is 399. The standard InChI is InChI=1S/C15H23BrN2/c1-4-18(14-6-7-14)15-8-5-13(16)9-12(15)10-17-11(2)3/h5,8-9,11,14,17H,4,6-7,10H2,1-3H3. The van der Waals surface area contributed by atoms with Crippen LogP contribution >= 0.6 is 15.9 Å². The van der Waals surface area contributed by atoms with E-state index in [2.05, 4.69) is 65.1 Å². The zero-order valence-electron chi connectivity index (χ0n) is 11.5. The van der Waals surface area contributed by atoms with Gasteiger partial charge in [0.1, 0.15) is 0 Å². The van der Waals surface area contributed by atoms with Crippen molar-refractivity contribution in [2.45, 2.75) is 52.2 Å². The zero-order chi connectivity index (χ0) is 13.1. The maximum Gasteiger partial charge on any atom is 0.0415 e. The van der Waals surface area contributed by atoms with E-state index in [4.69, 9.17) is 0 Å². The summed E-state index contributed by atoms with van der Waals surface area (Å²) in [6, 6.07) is 7.94. The topological polar surface area (TPSA) is 15.3 Å². The van der Waals surface area contributed by atoms with E-state index in [1.807, 2.05) is 0 Å². The Morgan fingerprint density at radius 1 is 1.39 bits per heavy atom. The number of nitrogens with zero attached hydrogens (tertiary/aromatic N) is 1. The van der Waals surface area contributed by atoms with Gasteiger partial charge in [-0.25, -0.2) is 0 Å². The van der Waals surface area contributed by atoms with Crippen LogP contribution in [-0.2, 0) is 6.54 Å². The van der Waals surface area contributed by atoms with Crippen molar-refractivity contribution in [1.82, 2.24) is 5.32 Å². The highest BCUT2D eigenvalue weighted by molar-refractivity contribution is 9.10. The molecule has 2 nitrogen and oxygen atoms in total. The zero-order valence-corrected chi connectivity index (χ0v) is 13.1. The molecule has 0 aliphatic heterocycles. The molecular weight excluding hydrogens is 288 g/mol. The predicted octanol–water partition coefficient (Wildman–Crippen LogP) is 3.94. The quantitative estimate of drug-likeness (QED) is 0.856. The van der Waals surface area contributed by atoms with Crippen LogP contribution in [-0.4, -0.2) is 18.6 Å². The van der Waals surface area contributed by atoms with Gasteiger partial charge in [-0.1, -0.05) is 29.8 Å². The molecule has 2 rings (SSSR count). The van der Waals surface area contributed by atoms with Crippen LogP contribution in [0.15, 0.2) is 22.7 Å². The SMILES string of the molecule is CCN(c1ccc(Br)cc1CNC(C)C)C1CC1. The van der Waals surface area contributed by atoms with Gasteiger partial charge in [0, 0.05) is 35.3 Å². The van der Waals surface area contributed by atoms with E-state index in [0.29, 0.717) is 6.04 Å². The lowest BCUT2D eigenvalue weighted by molar-refractivity contribution is 0.587. The lowest BCUT2D eigenvalue weighted by Gasteiger charge is -2.26. The third-order valence-corrected chi connectivity index (χ3v) is 3.87. The molecule has 0 spiro atoms. The third kappa shape index (κ3) is 3.48. The van der Waals surface area contributed by atoms with Crippen molar-refractivity contribution in [2.24, 2.45) is 0 Å². The maximum absolute atomic E-state index is 3.58. The van der Waals surface area contributed by atoms with E-state index in [-0.39, 0.29) is 0 Å². The number of rotatable bonds is 6. The van der Waals surface area contributed by atoms with Gasteiger partial charge in [0.25, 0.3) is 0 Å². The highest BCUT2D eigenvalue weighted by Crippen LogP contribution is 2.34. The van der Waals surface area contributed by atoms with Gasteiger partial charge < -0.3 is 10.2 Å². The Labute approximate surface area is 119 Å². The Morgan fingerprint density at radius 2 is 2.11 bits per heavy atom. The van der Waals surface area contributed by atoms with Gasteiger partial charge >= 0.3 is 0 Å². The molecule has 1 aromatic carbocycles. The average Bonchev–Trinajstić information content (AvgIpc) is 3.14. The molecule has 1 fully saturated rings. The average molecular weight is 311 g/mol. The smallest absolute Gasteiger partial charge is 0.0415 e. The molecule has 3 heteroatoms. The van der Waals surface area contributed by atoms with Gasteiger partial charge in [0.15, 0.2) is 0 Å². The van der Waals surface area contributed by atoms with Crippen LogP contribution in [0.3, 0.4) is 0 Å². The lowest BCUT2D eigenvalue weighted by atomic mass is 10.1. The van der Waals surface area contributed by atoms with Crippen molar-refractivity contribution in [2.75, 3.05) is 11.4 Å². The summed E-state index contributed by atoms with van der Waals surface area (Å²) in [5, 5.41) is 3.52. The summed E-state index contributed by atoms with van der Waals surface area (Å²) in [5.41, 5.74) is 2.79. The molecule has 0 heterocycles. The number of anilines is 1. The summed E-state index contributed by atoms with van der Waals surface area (Å²) in [5.74, 6) is 0. The Balaban J connectivity index is 2.21. The molecule has 0 bridgehead atoms. The summed E-state index contributed by atoms with van der Waals surface area (Å²) < 4.78 is 1.17. The number of hydrogen-bond donors (Lipinski definition) is 1. The Kier molecular flexibility index (Phi) is 4.68. The van der Waals surface area contributed by atoms with Crippen LogP contribution in [0.25, 0.3) is 0 Å². The molecule has 0 atom stereocenters. The van der Waals surface area contributed by atoms with Crippen LogP contribution in [0.4, 0.5) is 5.69 Å². The van der Waals surface area contributed by atoms with Crippen LogP contribution < -0.4 is 10.2 Å². The highest BCUT2D eigenvalue weighted by atomic mass is 79.9. The fourth-order valence-corrected chi connectivity index (χ4v) is 2.71. The van der Waals surface area contributed by atoms with E-state index < -0.39 is 0 Å². The highest BCUT2D eigenvalue weighted by Gasteiger charge is 2.29. The predicted molar refractivity (Wildman–Crippen MR) is 82.2 cm³/mol. The minimum Gasteiger partial charge on any atom is -0.369 e. The monoisotopic (exact) mass is 310 g/mol. The van der Waals surface area contributed by atoms with Gasteiger partial charge in [0.05, 0.1) is 0 Å². The van der Waals surface area contributed by atoms with Crippen LogP contribution in [0.5, 0.6) is 0 Å². The molecule has 1 N–H and O–H groups in total. The number of halogens is 1. The maximum atomic E-state index is 3.58. The normalized spacial score (nSPS) is 15.2. The summed E-state index contributed by atoms with van der Waals surface area (Å²) in [4.78, 5) is 2.55. The van der Waals surface area contributed by atoms with E-state index >= 15 is 0 Å². The lowest BCUT2D eigenvalue weighted by Crippen LogP contribution is -2.28. The summed E-state index contributed by atoms with van der Waals surface area (Å²) in [7, 11) is 0. The first kappa shape index (κ1) is 13.9. The van der Waals surface area contributed by atoms with E-state index in [0.717, 1.165) is 19.1 Å². The molecule has 18 heavy (non-hydrogen) atoms. The molecule has 0 aromatic heterocycles.